The molecular formula is C11H21ClN2O3Si. The highest BCUT2D eigenvalue weighted by Crippen LogP contribution is 2.12. The average Bonchev–Trinajstić information content (AvgIpc) is 2.38. The number of benzene rings is 1. The first kappa shape index (κ1) is 17.4. The fraction of sp³-hybridized carbons (Fsp3) is 0.455. The zero-order valence-corrected chi connectivity index (χ0v) is 13.4. The van der Waals surface area contributed by atoms with Crippen molar-refractivity contribution in [1.82, 2.24) is 0 Å². The highest BCUT2D eigenvalue weighted by Gasteiger charge is 2.04. The highest BCUT2D eigenvalue weighted by atomic mass is 35.5. The second kappa shape index (κ2) is 11.5. The fourth-order valence-corrected chi connectivity index (χ4v) is 1.66. The van der Waals surface area contributed by atoms with Crippen LogP contribution in [0.2, 0.25) is 0 Å². The monoisotopic (exact) mass is 292 g/mol. The minimum Gasteiger partial charge on any atom is -0.370 e. The van der Waals surface area contributed by atoms with Crippen LogP contribution in [0.5, 0.6) is 0 Å². The Bertz CT molecular complexity index is 293. The molecule has 1 aromatic rings. The molecular weight excluding hydrogens is 272 g/mol. The predicted molar refractivity (Wildman–Crippen MR) is 77.6 cm³/mol. The molecule has 0 saturated heterocycles. The Labute approximate surface area is 117 Å². The lowest BCUT2D eigenvalue weighted by molar-refractivity contribution is -0.466. The van der Waals surface area contributed by atoms with Crippen molar-refractivity contribution in [3.8, 4) is 0 Å². The molecule has 0 radical (unpaired) electrons. The number of hydrogen-bond acceptors (Lipinski definition) is 5. The maximum atomic E-state index is 5.61. The molecule has 0 heterocycles. The molecule has 0 spiro atoms. The molecule has 0 aromatic heterocycles. The summed E-state index contributed by atoms with van der Waals surface area (Å²) in [6.07, 6.45) is 0.861. The van der Waals surface area contributed by atoms with Gasteiger partial charge < -0.3 is 10.6 Å². The molecule has 0 bridgehead atoms. The minimum absolute atomic E-state index is 0. The SMILES string of the molecule is Cl.NCCN(CCCOOO[SiH3])c1ccccc1. The lowest BCUT2D eigenvalue weighted by Crippen LogP contribution is -2.30. The van der Waals surface area contributed by atoms with Gasteiger partial charge in [0.25, 0.3) is 0 Å². The molecule has 7 heteroatoms. The van der Waals surface area contributed by atoms with E-state index >= 15 is 0 Å². The summed E-state index contributed by atoms with van der Waals surface area (Å²) in [6, 6.07) is 10.2. The molecule has 0 unspecified atom stereocenters. The maximum absolute atomic E-state index is 5.61. The quantitative estimate of drug-likeness (QED) is 0.309. The van der Waals surface area contributed by atoms with Crippen molar-refractivity contribution in [2.45, 2.75) is 6.42 Å². The molecule has 0 saturated carbocycles. The summed E-state index contributed by atoms with van der Waals surface area (Å²) in [7, 11) is 0.511. The number of para-hydroxylation sites is 1. The van der Waals surface area contributed by atoms with Crippen molar-refractivity contribution in [2.24, 2.45) is 5.73 Å². The number of halogens is 1. The maximum Gasteiger partial charge on any atom is 0.197 e. The van der Waals surface area contributed by atoms with E-state index in [1.54, 1.807) is 0 Å². The van der Waals surface area contributed by atoms with E-state index in [4.69, 9.17) is 10.6 Å². The molecule has 0 aliphatic carbocycles. The topological polar surface area (TPSA) is 57.0 Å². The van der Waals surface area contributed by atoms with Crippen LogP contribution >= 0.6 is 12.4 Å². The molecule has 104 valence electrons. The van der Waals surface area contributed by atoms with Gasteiger partial charge in [-0.3, -0.25) is 4.58 Å². The summed E-state index contributed by atoms with van der Waals surface area (Å²) < 4.78 is 4.46. The van der Waals surface area contributed by atoms with Crippen LogP contribution in [-0.4, -0.2) is 36.7 Å². The molecule has 0 aliphatic heterocycles. The Balaban J connectivity index is 0.00000289. The molecule has 0 fully saturated rings. The van der Waals surface area contributed by atoms with E-state index in [0.29, 0.717) is 23.6 Å². The van der Waals surface area contributed by atoms with E-state index in [0.717, 1.165) is 19.5 Å². The Kier molecular flexibility index (Phi) is 11.1. The molecule has 1 aromatic carbocycles. The number of hydrogen-bond donors (Lipinski definition) is 1. The van der Waals surface area contributed by atoms with Gasteiger partial charge in [-0.2, -0.15) is 0 Å². The Morgan fingerprint density at radius 1 is 1.17 bits per heavy atom. The van der Waals surface area contributed by atoms with Crippen LogP contribution < -0.4 is 10.6 Å². The second-order valence-electron chi connectivity index (χ2n) is 3.52. The Morgan fingerprint density at radius 3 is 2.50 bits per heavy atom. The molecule has 18 heavy (non-hydrogen) atoms. The highest BCUT2D eigenvalue weighted by molar-refractivity contribution is 5.97. The number of nitrogens with two attached hydrogens (primary N) is 1. The van der Waals surface area contributed by atoms with Crippen LogP contribution in [0.3, 0.4) is 0 Å². The lowest BCUT2D eigenvalue weighted by atomic mass is 10.2. The number of nitrogens with zero attached hydrogens (tertiary/aromatic N) is 1. The van der Waals surface area contributed by atoms with Crippen LogP contribution in [-0.2, 0) is 14.5 Å². The zero-order chi connectivity index (χ0) is 12.3. The summed E-state index contributed by atoms with van der Waals surface area (Å²) in [5, 5.41) is 4.40. The molecule has 1 rings (SSSR count). The van der Waals surface area contributed by atoms with Crippen LogP contribution in [0.25, 0.3) is 0 Å². The van der Waals surface area contributed by atoms with Crippen molar-refractivity contribution < 1.29 is 14.5 Å². The van der Waals surface area contributed by atoms with Gasteiger partial charge in [-0.05, 0) is 18.6 Å². The summed E-state index contributed by atoms with van der Waals surface area (Å²) >= 11 is 0. The Hall–Kier alpha value is -0.633. The minimum atomic E-state index is 0. The molecule has 5 nitrogen and oxygen atoms in total. The lowest BCUT2D eigenvalue weighted by Gasteiger charge is -2.23. The van der Waals surface area contributed by atoms with Crippen LogP contribution in [0.15, 0.2) is 30.3 Å². The second-order valence-corrected chi connectivity index (χ2v) is 3.85. The number of anilines is 1. The van der Waals surface area contributed by atoms with Crippen LogP contribution in [0.1, 0.15) is 6.42 Å². The fourth-order valence-electron chi connectivity index (χ4n) is 1.56. The first-order valence-corrected chi connectivity index (χ1v) is 6.52. The van der Waals surface area contributed by atoms with Crippen LogP contribution in [0, 0.1) is 0 Å². The van der Waals surface area contributed by atoms with Gasteiger partial charge in [0.05, 0.1) is 6.61 Å². The van der Waals surface area contributed by atoms with Gasteiger partial charge in [-0.1, -0.05) is 23.2 Å². The van der Waals surface area contributed by atoms with E-state index < -0.39 is 0 Å². The third-order valence-electron chi connectivity index (χ3n) is 2.29. The van der Waals surface area contributed by atoms with Gasteiger partial charge in [0.15, 0.2) is 10.5 Å². The van der Waals surface area contributed by atoms with Crippen molar-refractivity contribution in [2.75, 3.05) is 31.1 Å². The first-order chi connectivity index (χ1) is 8.38. The Morgan fingerprint density at radius 2 is 1.89 bits per heavy atom. The van der Waals surface area contributed by atoms with E-state index in [1.807, 2.05) is 18.2 Å². The standard InChI is InChI=1S/C11H20N2O3Si.ClH/c12-7-9-13(8-4-10-14-15-16-17)11-5-2-1-3-6-11;/h1-3,5-6H,4,7-10,12H2,17H3;1H. The molecule has 0 amide bonds. The average molecular weight is 293 g/mol. The zero-order valence-electron chi connectivity index (χ0n) is 10.6. The van der Waals surface area contributed by atoms with Crippen molar-refractivity contribution >= 4 is 28.6 Å². The molecule has 2 N–H and O–H groups in total. The smallest absolute Gasteiger partial charge is 0.197 e. The van der Waals surface area contributed by atoms with Crippen molar-refractivity contribution in [3.05, 3.63) is 30.3 Å². The van der Waals surface area contributed by atoms with Gasteiger partial charge in [0.2, 0.25) is 0 Å². The van der Waals surface area contributed by atoms with Gasteiger partial charge in [0, 0.05) is 25.3 Å². The summed E-state index contributed by atoms with van der Waals surface area (Å²) in [5.74, 6) is 0. The molecule has 0 aliphatic rings. The van der Waals surface area contributed by atoms with E-state index in [-0.39, 0.29) is 12.4 Å². The molecule has 0 atom stereocenters. The van der Waals surface area contributed by atoms with Crippen molar-refractivity contribution in [1.29, 1.82) is 0 Å². The van der Waals surface area contributed by atoms with Gasteiger partial charge in [-0.25, -0.2) is 4.89 Å². The first-order valence-electron chi connectivity index (χ1n) is 5.71. The van der Waals surface area contributed by atoms with Gasteiger partial charge in [-0.15, -0.1) is 12.4 Å². The largest absolute Gasteiger partial charge is 0.370 e. The van der Waals surface area contributed by atoms with Gasteiger partial charge >= 0.3 is 0 Å². The normalized spacial score (nSPS) is 10.1. The van der Waals surface area contributed by atoms with E-state index in [2.05, 4.69) is 26.6 Å². The van der Waals surface area contributed by atoms with Crippen LogP contribution in [0.4, 0.5) is 5.69 Å². The third kappa shape index (κ3) is 6.95. The van der Waals surface area contributed by atoms with E-state index in [1.165, 1.54) is 5.69 Å². The summed E-state index contributed by atoms with van der Waals surface area (Å²) in [6.45, 7) is 2.86. The number of rotatable bonds is 9. The summed E-state index contributed by atoms with van der Waals surface area (Å²) in [5.41, 5.74) is 6.78. The third-order valence-corrected chi connectivity index (χ3v) is 2.43. The van der Waals surface area contributed by atoms with E-state index in [9.17, 15) is 0 Å². The predicted octanol–water partition coefficient (Wildman–Crippen LogP) is 0.424. The van der Waals surface area contributed by atoms with Gasteiger partial charge in [0.1, 0.15) is 0 Å². The summed E-state index contributed by atoms with van der Waals surface area (Å²) in [4.78, 5) is 7.03. The van der Waals surface area contributed by atoms with Crippen molar-refractivity contribution in [3.63, 3.8) is 0 Å².